The second kappa shape index (κ2) is 7.01. The summed E-state index contributed by atoms with van der Waals surface area (Å²) in [5.74, 6) is 0.748. The summed E-state index contributed by atoms with van der Waals surface area (Å²) in [4.78, 5) is 15.7. The predicted molar refractivity (Wildman–Crippen MR) is 98.6 cm³/mol. The fraction of sp³-hybridized carbons (Fsp3) is 0.409. The molecule has 130 valence electrons. The van der Waals surface area contributed by atoms with Crippen molar-refractivity contribution in [2.75, 3.05) is 26.3 Å². The number of ether oxygens (including phenoxy) is 1. The molecule has 0 unspecified atom stereocenters. The number of carbonyl (C=O) groups is 1. The van der Waals surface area contributed by atoms with Crippen LogP contribution in [0.4, 0.5) is 0 Å². The Bertz CT molecular complexity index is 707. The molecule has 1 amide bonds. The smallest absolute Gasteiger partial charge is 0.233 e. The Balaban J connectivity index is 1.58. The van der Waals surface area contributed by atoms with E-state index in [2.05, 4.69) is 41.3 Å². The van der Waals surface area contributed by atoms with Crippen molar-refractivity contribution in [2.24, 2.45) is 0 Å². The minimum Gasteiger partial charge on any atom is -0.381 e. The summed E-state index contributed by atoms with van der Waals surface area (Å²) >= 11 is 0. The van der Waals surface area contributed by atoms with Crippen LogP contribution in [0.25, 0.3) is 0 Å². The molecule has 0 saturated carbocycles. The normalized spacial score (nSPS) is 22.7. The van der Waals surface area contributed by atoms with Gasteiger partial charge in [-0.2, -0.15) is 0 Å². The van der Waals surface area contributed by atoms with Gasteiger partial charge < -0.3 is 9.64 Å². The highest BCUT2D eigenvalue weighted by Gasteiger charge is 2.45. The second-order valence-corrected chi connectivity index (χ2v) is 7.21. The molecule has 2 fully saturated rings. The van der Waals surface area contributed by atoms with Gasteiger partial charge in [-0.3, -0.25) is 4.79 Å². The van der Waals surface area contributed by atoms with E-state index in [-0.39, 0.29) is 0 Å². The van der Waals surface area contributed by atoms with E-state index in [4.69, 9.17) is 4.74 Å². The maximum Gasteiger partial charge on any atom is 0.233 e. The lowest BCUT2D eigenvalue weighted by Gasteiger charge is -2.39. The van der Waals surface area contributed by atoms with Crippen molar-refractivity contribution in [3.05, 3.63) is 71.8 Å². The molecule has 0 bridgehead atoms. The highest BCUT2D eigenvalue weighted by Crippen LogP contribution is 2.39. The summed E-state index contributed by atoms with van der Waals surface area (Å²) in [5, 5.41) is 0. The number of benzene rings is 2. The Morgan fingerprint density at radius 2 is 1.60 bits per heavy atom. The standard InChI is InChI=1S/C22H25NO2/c24-21(23-14-11-19(17-23)18-7-3-1-4-8-18)22(12-15-25-16-13-22)20-9-5-2-6-10-20/h1-10,19H,11-17H2/t19-/m0/s1. The number of nitrogens with zero attached hydrogens (tertiary/aromatic N) is 1. The third kappa shape index (κ3) is 3.09. The maximum absolute atomic E-state index is 13.6. The van der Waals surface area contributed by atoms with Gasteiger partial charge in [-0.15, -0.1) is 0 Å². The van der Waals surface area contributed by atoms with Crippen LogP contribution in [0.1, 0.15) is 36.3 Å². The molecular formula is C22H25NO2. The van der Waals surface area contributed by atoms with Crippen LogP contribution < -0.4 is 0 Å². The van der Waals surface area contributed by atoms with Crippen molar-refractivity contribution in [3.63, 3.8) is 0 Å². The Labute approximate surface area is 149 Å². The summed E-state index contributed by atoms with van der Waals surface area (Å²) < 4.78 is 5.58. The summed E-state index contributed by atoms with van der Waals surface area (Å²) in [7, 11) is 0. The van der Waals surface area contributed by atoms with Gasteiger partial charge in [0.15, 0.2) is 0 Å². The lowest BCUT2D eigenvalue weighted by molar-refractivity contribution is -0.140. The van der Waals surface area contributed by atoms with Gasteiger partial charge in [0.25, 0.3) is 0 Å². The molecule has 0 N–H and O–H groups in total. The van der Waals surface area contributed by atoms with E-state index in [0.717, 1.165) is 37.9 Å². The quantitative estimate of drug-likeness (QED) is 0.855. The molecular weight excluding hydrogens is 310 g/mol. The third-order valence-electron chi connectivity index (χ3n) is 5.83. The first-order chi connectivity index (χ1) is 12.3. The molecule has 0 radical (unpaired) electrons. The topological polar surface area (TPSA) is 29.5 Å². The number of likely N-dealkylation sites (tertiary alicyclic amines) is 1. The highest BCUT2D eigenvalue weighted by molar-refractivity contribution is 5.88. The van der Waals surface area contributed by atoms with Gasteiger partial charge in [-0.1, -0.05) is 60.7 Å². The van der Waals surface area contributed by atoms with Gasteiger partial charge in [0.1, 0.15) is 0 Å². The van der Waals surface area contributed by atoms with E-state index in [9.17, 15) is 4.79 Å². The minimum atomic E-state index is -0.412. The number of amides is 1. The monoisotopic (exact) mass is 335 g/mol. The largest absolute Gasteiger partial charge is 0.381 e. The van der Waals surface area contributed by atoms with Crippen molar-refractivity contribution in [1.29, 1.82) is 0 Å². The number of carbonyl (C=O) groups excluding carboxylic acids is 1. The zero-order valence-electron chi connectivity index (χ0n) is 14.6. The van der Waals surface area contributed by atoms with E-state index < -0.39 is 5.41 Å². The van der Waals surface area contributed by atoms with Crippen molar-refractivity contribution >= 4 is 5.91 Å². The fourth-order valence-corrected chi connectivity index (χ4v) is 4.35. The van der Waals surface area contributed by atoms with Crippen molar-refractivity contribution in [2.45, 2.75) is 30.6 Å². The van der Waals surface area contributed by atoms with Crippen LogP contribution in [0, 0.1) is 0 Å². The zero-order valence-corrected chi connectivity index (χ0v) is 14.6. The van der Waals surface area contributed by atoms with Crippen LogP contribution >= 0.6 is 0 Å². The molecule has 2 aliphatic heterocycles. The molecule has 0 aromatic heterocycles. The molecule has 1 atom stereocenters. The first-order valence-corrected chi connectivity index (χ1v) is 9.27. The van der Waals surface area contributed by atoms with Gasteiger partial charge in [0.2, 0.25) is 5.91 Å². The van der Waals surface area contributed by atoms with Crippen LogP contribution in [0.5, 0.6) is 0 Å². The average molecular weight is 335 g/mol. The maximum atomic E-state index is 13.6. The lowest BCUT2D eigenvalue weighted by Crippen LogP contribution is -2.49. The second-order valence-electron chi connectivity index (χ2n) is 7.21. The van der Waals surface area contributed by atoms with Crippen LogP contribution in [0.2, 0.25) is 0 Å². The highest BCUT2D eigenvalue weighted by atomic mass is 16.5. The van der Waals surface area contributed by atoms with Crippen molar-refractivity contribution in [1.82, 2.24) is 4.90 Å². The van der Waals surface area contributed by atoms with Gasteiger partial charge in [0, 0.05) is 32.2 Å². The van der Waals surface area contributed by atoms with Gasteiger partial charge in [-0.05, 0) is 30.4 Å². The lowest BCUT2D eigenvalue weighted by atomic mass is 9.73. The Kier molecular flexibility index (Phi) is 4.58. The molecule has 2 heterocycles. The summed E-state index contributed by atoms with van der Waals surface area (Å²) in [5.41, 5.74) is 2.08. The number of rotatable bonds is 3. The van der Waals surface area contributed by atoms with E-state index in [0.29, 0.717) is 25.0 Å². The molecule has 3 heteroatoms. The fourth-order valence-electron chi connectivity index (χ4n) is 4.35. The Morgan fingerprint density at radius 3 is 2.28 bits per heavy atom. The minimum absolute atomic E-state index is 0.292. The molecule has 2 aromatic carbocycles. The van der Waals surface area contributed by atoms with Gasteiger partial charge >= 0.3 is 0 Å². The average Bonchev–Trinajstić information content (AvgIpc) is 3.19. The summed E-state index contributed by atoms with van der Waals surface area (Å²) in [6.45, 7) is 3.01. The molecule has 3 nitrogen and oxygen atoms in total. The molecule has 25 heavy (non-hydrogen) atoms. The third-order valence-corrected chi connectivity index (χ3v) is 5.83. The molecule has 0 spiro atoms. The zero-order chi connectivity index (χ0) is 17.1. The number of hydrogen-bond donors (Lipinski definition) is 0. The molecule has 2 saturated heterocycles. The SMILES string of the molecule is O=C(N1CC[C@H](c2ccccc2)C1)C1(c2ccccc2)CCOCC1. The van der Waals surface area contributed by atoms with Crippen LogP contribution in [-0.4, -0.2) is 37.1 Å². The van der Waals surface area contributed by atoms with Crippen LogP contribution in [0.3, 0.4) is 0 Å². The van der Waals surface area contributed by atoms with Crippen LogP contribution in [-0.2, 0) is 14.9 Å². The van der Waals surface area contributed by atoms with Gasteiger partial charge in [0.05, 0.1) is 5.41 Å². The Morgan fingerprint density at radius 1 is 0.960 bits per heavy atom. The molecule has 0 aliphatic carbocycles. The summed E-state index contributed by atoms with van der Waals surface area (Å²) in [6.07, 6.45) is 2.61. The molecule has 2 aliphatic rings. The van der Waals surface area contributed by atoms with Gasteiger partial charge in [-0.25, -0.2) is 0 Å². The first-order valence-electron chi connectivity index (χ1n) is 9.27. The van der Waals surface area contributed by atoms with E-state index in [1.807, 2.05) is 24.3 Å². The van der Waals surface area contributed by atoms with E-state index >= 15 is 0 Å². The van der Waals surface area contributed by atoms with Crippen molar-refractivity contribution in [3.8, 4) is 0 Å². The first kappa shape index (κ1) is 16.3. The molecule has 4 rings (SSSR count). The Hall–Kier alpha value is -2.13. The van der Waals surface area contributed by atoms with E-state index in [1.165, 1.54) is 5.56 Å². The number of hydrogen-bond acceptors (Lipinski definition) is 2. The van der Waals surface area contributed by atoms with E-state index in [1.54, 1.807) is 0 Å². The predicted octanol–water partition coefficient (Wildman–Crippen LogP) is 3.75. The van der Waals surface area contributed by atoms with Crippen molar-refractivity contribution < 1.29 is 9.53 Å². The van der Waals surface area contributed by atoms with Crippen LogP contribution in [0.15, 0.2) is 60.7 Å². The molecule has 2 aromatic rings. The summed E-state index contributed by atoms with van der Waals surface area (Å²) in [6, 6.07) is 20.9.